The molecule has 0 atom stereocenters. The molecule has 0 amide bonds. The summed E-state index contributed by atoms with van der Waals surface area (Å²) in [6.45, 7) is 4.28. The second kappa shape index (κ2) is 10.1. The molecule has 3 rings (SSSR count). The molecule has 1 radical (unpaired) electrons. The molecular weight excluding hydrogens is 527 g/mol. The number of guanidine groups is 1. The summed E-state index contributed by atoms with van der Waals surface area (Å²) < 4.78 is 5.96. The fraction of sp³-hybridized carbons (Fsp3) is 0.562. The topological polar surface area (TPSA) is 76.4 Å². The number of fused-ring (bicyclic) bond motifs is 1. The summed E-state index contributed by atoms with van der Waals surface area (Å²) in [6.07, 6.45) is 3.23. The molecule has 1 aromatic carbocycles. The van der Waals surface area contributed by atoms with E-state index in [-0.39, 0.29) is 62.4 Å². The molecule has 3 N–H and O–H groups in total. The fourth-order valence-corrected chi connectivity index (χ4v) is 3.01. The van der Waals surface area contributed by atoms with Crippen molar-refractivity contribution in [1.29, 1.82) is 5.41 Å². The summed E-state index contributed by atoms with van der Waals surface area (Å²) in [5, 5.41) is 11.9. The van der Waals surface area contributed by atoms with Gasteiger partial charge in [-0.05, 0) is 35.6 Å². The van der Waals surface area contributed by atoms with Gasteiger partial charge in [-0.2, -0.15) is 0 Å². The second-order valence-corrected chi connectivity index (χ2v) is 5.91. The van der Waals surface area contributed by atoms with Gasteiger partial charge in [0.1, 0.15) is 5.75 Å². The molecule has 125 valence electrons. The van der Waals surface area contributed by atoms with Gasteiger partial charge in [-0.3, -0.25) is 5.41 Å². The smallest absolute Gasteiger partial charge is 0.188 e. The summed E-state index contributed by atoms with van der Waals surface area (Å²) in [5.41, 5.74) is 8.16. The van der Waals surface area contributed by atoms with Crippen LogP contribution in [-0.2, 0) is 13.0 Å². The van der Waals surface area contributed by atoms with Gasteiger partial charge in [-0.25, -0.2) is 0 Å². The Bertz CT molecular complexity index is 523. The minimum Gasteiger partial charge on any atom is -0.662 e. The Kier molecular flexibility index (Phi) is 9.22. The Labute approximate surface area is 180 Å². The normalized spacial score (nSPS) is 17.5. The molecule has 1 fully saturated rings. The first-order valence-corrected chi connectivity index (χ1v) is 7.69. The third-order valence-corrected chi connectivity index (χ3v) is 4.41. The van der Waals surface area contributed by atoms with Crippen molar-refractivity contribution < 1.29 is 48.8 Å². The van der Waals surface area contributed by atoms with Crippen molar-refractivity contribution >= 4 is 18.4 Å². The Morgan fingerprint density at radius 1 is 1.30 bits per heavy atom. The monoisotopic (exact) mass is 550 g/mol. The van der Waals surface area contributed by atoms with Gasteiger partial charge in [0.2, 0.25) is 0 Å². The quantitative estimate of drug-likeness (QED) is 0.449. The molecule has 7 heteroatoms. The van der Waals surface area contributed by atoms with Crippen LogP contribution in [-0.4, -0.2) is 37.1 Å². The molecule has 5 nitrogen and oxygen atoms in total. The molecule has 1 aromatic rings. The van der Waals surface area contributed by atoms with Crippen molar-refractivity contribution in [2.45, 2.75) is 25.8 Å². The maximum atomic E-state index is 7.56. The average Bonchev–Trinajstić information content (AvgIpc) is 2.53. The van der Waals surface area contributed by atoms with Crippen molar-refractivity contribution in [2.24, 2.45) is 11.7 Å². The van der Waals surface area contributed by atoms with Crippen LogP contribution in [0.2, 0.25) is 0 Å². The Morgan fingerprint density at radius 3 is 2.74 bits per heavy atom. The Morgan fingerprint density at radius 2 is 2.04 bits per heavy atom. The van der Waals surface area contributed by atoms with Crippen LogP contribution in [0.3, 0.4) is 0 Å². The van der Waals surface area contributed by atoms with Crippen LogP contribution in [0.4, 0.5) is 0 Å². The predicted octanol–water partition coefficient (Wildman–Crippen LogP) is 2.52. The Balaban J connectivity index is 0.00000132. The van der Waals surface area contributed by atoms with E-state index in [4.69, 9.17) is 15.9 Å². The zero-order chi connectivity index (χ0) is 14.7. The number of hydrogen-bond acceptors (Lipinski definition) is 2. The molecule has 0 unspecified atom stereocenters. The predicted molar refractivity (Wildman–Crippen MR) is 91.0 cm³/mol. The van der Waals surface area contributed by atoms with Gasteiger partial charge in [-0.15, -0.1) is 25.5 Å². The van der Waals surface area contributed by atoms with Crippen LogP contribution < -0.4 is 10.5 Å². The summed E-state index contributed by atoms with van der Waals surface area (Å²) in [4.78, 5) is 1.90. The number of nitrogens with two attached hydrogens (primary N) is 1. The van der Waals surface area contributed by atoms with Crippen LogP contribution >= 0.6 is 12.4 Å². The number of halogens is 1. The van der Waals surface area contributed by atoms with E-state index >= 15 is 0 Å². The average molecular weight is 551 g/mol. The molecule has 0 spiro atoms. The number of piperidine rings is 1. The number of ether oxygens (including phenoxy) is 1. The Hall–Kier alpha value is -0.0184. The van der Waals surface area contributed by atoms with Crippen molar-refractivity contribution in [3.05, 3.63) is 34.6 Å². The first-order valence-electron chi connectivity index (χ1n) is 7.69. The van der Waals surface area contributed by atoms with E-state index in [0.717, 1.165) is 51.3 Å². The molecule has 2 aliphatic heterocycles. The standard InChI is InChI=1S/C16H23N4O.Ac.ClH/c17-16(18)20-8-5-13-1-2-15(9-14(13)10-20)21-11-12-3-6-19-7-4-12;;/h1-2,9,12H,3-8,10-11H2,(H3,17,18);;1H/q-1;;. The van der Waals surface area contributed by atoms with E-state index in [2.05, 4.69) is 23.5 Å². The number of benzene rings is 1. The maximum Gasteiger partial charge on any atom is 0.188 e. The summed E-state index contributed by atoms with van der Waals surface area (Å²) in [7, 11) is 0. The van der Waals surface area contributed by atoms with Gasteiger partial charge in [0.15, 0.2) is 5.96 Å². The van der Waals surface area contributed by atoms with Crippen LogP contribution in [0.15, 0.2) is 18.2 Å². The number of rotatable bonds is 3. The van der Waals surface area contributed by atoms with E-state index in [1.807, 2.05) is 4.90 Å². The molecule has 1 saturated heterocycles. The molecule has 0 saturated carbocycles. The fourth-order valence-electron chi connectivity index (χ4n) is 3.01. The maximum absolute atomic E-state index is 7.56. The van der Waals surface area contributed by atoms with E-state index in [1.165, 1.54) is 11.1 Å². The van der Waals surface area contributed by atoms with Gasteiger partial charge in [-0.1, -0.05) is 18.9 Å². The van der Waals surface area contributed by atoms with Gasteiger partial charge >= 0.3 is 0 Å². The molecule has 0 aromatic heterocycles. The van der Waals surface area contributed by atoms with Crippen molar-refractivity contribution in [3.8, 4) is 5.75 Å². The van der Waals surface area contributed by atoms with Gasteiger partial charge < -0.3 is 20.7 Å². The summed E-state index contributed by atoms with van der Waals surface area (Å²) in [5.74, 6) is 1.71. The van der Waals surface area contributed by atoms with Crippen LogP contribution in [0.5, 0.6) is 5.75 Å². The van der Waals surface area contributed by atoms with E-state index in [1.54, 1.807) is 0 Å². The first kappa shape index (κ1) is 21.0. The molecule has 0 bridgehead atoms. The zero-order valence-corrected chi connectivity index (χ0v) is 18.9. The van der Waals surface area contributed by atoms with Crippen LogP contribution in [0, 0.1) is 55.4 Å². The minimum absolute atomic E-state index is 0. The number of nitrogens with one attached hydrogen (secondary N) is 1. The molecule has 2 aliphatic rings. The number of hydrogen-bond donors (Lipinski definition) is 2. The van der Waals surface area contributed by atoms with E-state index in [0.29, 0.717) is 12.5 Å². The van der Waals surface area contributed by atoms with E-state index in [9.17, 15) is 0 Å². The first-order chi connectivity index (χ1) is 10.2. The van der Waals surface area contributed by atoms with Gasteiger partial charge in [0.25, 0.3) is 0 Å². The van der Waals surface area contributed by atoms with Crippen molar-refractivity contribution in [2.75, 3.05) is 26.2 Å². The molecule has 0 aliphatic carbocycles. The van der Waals surface area contributed by atoms with Crippen molar-refractivity contribution in [3.63, 3.8) is 0 Å². The van der Waals surface area contributed by atoms with Crippen LogP contribution in [0.25, 0.3) is 5.32 Å². The largest absolute Gasteiger partial charge is 0.662 e. The third-order valence-electron chi connectivity index (χ3n) is 4.41. The summed E-state index contributed by atoms with van der Waals surface area (Å²) >= 11 is 0. The van der Waals surface area contributed by atoms with Gasteiger partial charge in [0.05, 0.1) is 6.61 Å². The van der Waals surface area contributed by atoms with Gasteiger partial charge in [0, 0.05) is 57.2 Å². The second-order valence-electron chi connectivity index (χ2n) is 5.91. The number of nitrogens with zero attached hydrogens (tertiary/aromatic N) is 2. The molecule has 23 heavy (non-hydrogen) atoms. The third kappa shape index (κ3) is 5.78. The van der Waals surface area contributed by atoms with Crippen molar-refractivity contribution in [1.82, 2.24) is 4.90 Å². The summed E-state index contributed by atoms with van der Waals surface area (Å²) in [6, 6.07) is 6.32. The zero-order valence-electron chi connectivity index (χ0n) is 13.3. The molecular formula is C16H24AcClN4O-. The minimum atomic E-state index is 0. The SMILES string of the molecule is Cl.N=C(N)N1CCc2ccc(OCC3CC[N-]CC3)cc2C1.[Ac]. The van der Waals surface area contributed by atoms with Crippen LogP contribution in [0.1, 0.15) is 24.0 Å². The molecule has 2 heterocycles. The van der Waals surface area contributed by atoms with E-state index < -0.39 is 0 Å².